The fourth-order valence-electron chi connectivity index (χ4n) is 2.75. The van der Waals surface area contributed by atoms with Gasteiger partial charge in [-0.25, -0.2) is 9.48 Å². The Morgan fingerprint density at radius 1 is 1.23 bits per heavy atom. The Morgan fingerprint density at radius 3 is 2.55 bits per heavy atom. The van der Waals surface area contributed by atoms with Gasteiger partial charge in [-0.05, 0) is 50.1 Å². The number of carbonyl (C=O) groups excluding carboxylic acids is 1. The fourth-order valence-corrected chi connectivity index (χ4v) is 2.75. The molecule has 1 aromatic heterocycles. The van der Waals surface area contributed by atoms with Crippen LogP contribution in [0.3, 0.4) is 0 Å². The summed E-state index contributed by atoms with van der Waals surface area (Å²) in [6.07, 6.45) is 3.10. The van der Waals surface area contributed by atoms with Crippen molar-refractivity contribution < 1.29 is 14.7 Å². The first-order valence-corrected chi connectivity index (χ1v) is 7.23. The normalized spacial score (nSPS) is 17.7. The van der Waals surface area contributed by atoms with Crippen molar-refractivity contribution in [2.45, 2.75) is 25.8 Å². The topological polar surface area (TPSA) is 75.4 Å². The number of aromatic nitrogens is 2. The summed E-state index contributed by atoms with van der Waals surface area (Å²) in [4.78, 5) is 25.1. The average Bonchev–Trinajstić information content (AvgIpc) is 3.15. The summed E-state index contributed by atoms with van der Waals surface area (Å²) in [6.45, 7) is 2.41. The Morgan fingerprint density at radius 2 is 1.95 bits per heavy atom. The fraction of sp³-hybridized carbons (Fsp3) is 0.312. The number of carboxylic acid groups (broad SMARTS) is 1. The van der Waals surface area contributed by atoms with Gasteiger partial charge in [-0.15, -0.1) is 0 Å². The van der Waals surface area contributed by atoms with E-state index in [-0.39, 0.29) is 5.91 Å². The SMILES string of the molecule is Cc1ccn(-c2ccc(C(=O)N3CCC[C@@H]3C(=O)O)cc2)n1. The maximum Gasteiger partial charge on any atom is 0.326 e. The number of amides is 1. The minimum atomic E-state index is -0.936. The van der Waals surface area contributed by atoms with Crippen molar-refractivity contribution in [3.05, 3.63) is 47.8 Å². The van der Waals surface area contributed by atoms with Crippen LogP contribution in [0.1, 0.15) is 28.9 Å². The highest BCUT2D eigenvalue weighted by Gasteiger charge is 2.34. The lowest BCUT2D eigenvalue weighted by Crippen LogP contribution is -2.40. The summed E-state index contributed by atoms with van der Waals surface area (Å²) in [5, 5.41) is 13.5. The zero-order valence-electron chi connectivity index (χ0n) is 12.3. The molecule has 0 bridgehead atoms. The van der Waals surface area contributed by atoms with Crippen LogP contribution in [0.4, 0.5) is 0 Å². The molecule has 0 radical (unpaired) electrons. The van der Waals surface area contributed by atoms with Crippen molar-refractivity contribution >= 4 is 11.9 Å². The highest BCUT2D eigenvalue weighted by Crippen LogP contribution is 2.21. The molecule has 1 amide bonds. The number of rotatable bonds is 3. The van der Waals surface area contributed by atoms with Crippen LogP contribution in [-0.4, -0.2) is 44.3 Å². The monoisotopic (exact) mass is 299 g/mol. The highest BCUT2D eigenvalue weighted by molar-refractivity contribution is 5.97. The molecule has 6 heteroatoms. The lowest BCUT2D eigenvalue weighted by atomic mass is 10.1. The van der Waals surface area contributed by atoms with Gasteiger partial charge in [0.15, 0.2) is 0 Å². The Hall–Kier alpha value is -2.63. The Bertz CT molecular complexity index is 706. The predicted molar refractivity (Wildman–Crippen MR) is 80.0 cm³/mol. The molecular formula is C16H17N3O3. The lowest BCUT2D eigenvalue weighted by Gasteiger charge is -2.21. The van der Waals surface area contributed by atoms with Crippen LogP contribution in [0.2, 0.25) is 0 Å². The van der Waals surface area contributed by atoms with E-state index in [0.29, 0.717) is 18.5 Å². The minimum absolute atomic E-state index is 0.229. The number of benzene rings is 1. The number of carbonyl (C=O) groups is 2. The molecule has 0 aliphatic carbocycles. The second-order valence-electron chi connectivity index (χ2n) is 5.44. The second kappa shape index (κ2) is 5.63. The van der Waals surface area contributed by atoms with E-state index in [2.05, 4.69) is 5.10 Å². The Kier molecular flexibility index (Phi) is 3.66. The van der Waals surface area contributed by atoms with Gasteiger partial charge in [-0.1, -0.05) is 0 Å². The number of aryl methyl sites for hydroxylation is 1. The van der Waals surface area contributed by atoms with Crippen molar-refractivity contribution in [1.29, 1.82) is 0 Å². The molecule has 1 fully saturated rings. The van der Waals surface area contributed by atoms with Gasteiger partial charge in [0.1, 0.15) is 6.04 Å². The second-order valence-corrected chi connectivity index (χ2v) is 5.44. The summed E-state index contributed by atoms with van der Waals surface area (Å²) < 4.78 is 1.74. The van der Waals surface area contributed by atoms with Gasteiger partial charge in [0.05, 0.1) is 11.4 Å². The van der Waals surface area contributed by atoms with E-state index in [0.717, 1.165) is 17.8 Å². The summed E-state index contributed by atoms with van der Waals surface area (Å²) >= 11 is 0. The maximum atomic E-state index is 12.5. The minimum Gasteiger partial charge on any atom is -0.480 e. The number of likely N-dealkylation sites (tertiary alicyclic amines) is 1. The Labute approximate surface area is 128 Å². The molecular weight excluding hydrogens is 282 g/mol. The summed E-state index contributed by atoms with van der Waals surface area (Å²) in [5.41, 5.74) is 2.28. The Balaban J connectivity index is 1.80. The molecule has 114 valence electrons. The molecule has 22 heavy (non-hydrogen) atoms. The molecule has 0 unspecified atom stereocenters. The molecule has 1 atom stereocenters. The molecule has 1 aliphatic rings. The molecule has 1 aliphatic heterocycles. The molecule has 0 spiro atoms. The van der Waals surface area contributed by atoms with Crippen LogP contribution in [0, 0.1) is 6.92 Å². The van der Waals surface area contributed by atoms with Crippen LogP contribution >= 0.6 is 0 Å². The van der Waals surface area contributed by atoms with E-state index in [4.69, 9.17) is 5.11 Å². The first-order valence-electron chi connectivity index (χ1n) is 7.23. The zero-order valence-corrected chi connectivity index (χ0v) is 12.3. The van der Waals surface area contributed by atoms with Gasteiger partial charge in [0.2, 0.25) is 0 Å². The highest BCUT2D eigenvalue weighted by atomic mass is 16.4. The van der Waals surface area contributed by atoms with Gasteiger partial charge in [0.25, 0.3) is 5.91 Å². The van der Waals surface area contributed by atoms with E-state index in [1.807, 2.05) is 31.3 Å². The smallest absolute Gasteiger partial charge is 0.326 e. The molecule has 6 nitrogen and oxygen atoms in total. The van der Waals surface area contributed by atoms with Crippen LogP contribution in [-0.2, 0) is 4.79 Å². The van der Waals surface area contributed by atoms with E-state index in [1.54, 1.807) is 16.8 Å². The van der Waals surface area contributed by atoms with Crippen molar-refractivity contribution in [3.63, 3.8) is 0 Å². The van der Waals surface area contributed by atoms with Gasteiger partial charge in [0, 0.05) is 18.3 Å². The number of carboxylic acids is 1. The molecule has 1 saturated heterocycles. The summed E-state index contributed by atoms with van der Waals surface area (Å²) in [5.74, 6) is -1.16. The average molecular weight is 299 g/mol. The van der Waals surface area contributed by atoms with Crippen molar-refractivity contribution in [2.75, 3.05) is 6.54 Å². The van der Waals surface area contributed by atoms with Crippen LogP contribution in [0.25, 0.3) is 5.69 Å². The molecule has 0 saturated carbocycles. The first kappa shape index (κ1) is 14.3. The largest absolute Gasteiger partial charge is 0.480 e. The molecule has 1 N–H and O–H groups in total. The van der Waals surface area contributed by atoms with Gasteiger partial charge in [-0.3, -0.25) is 4.79 Å². The standard InChI is InChI=1S/C16H17N3O3/c1-11-8-10-19(17-11)13-6-4-12(5-7-13)15(20)18-9-2-3-14(18)16(21)22/h4-8,10,14H,2-3,9H2,1H3,(H,21,22)/t14-/m1/s1. The number of hydrogen-bond donors (Lipinski definition) is 1. The quantitative estimate of drug-likeness (QED) is 0.938. The molecule has 2 aromatic rings. The zero-order chi connectivity index (χ0) is 15.7. The van der Waals surface area contributed by atoms with Crippen LogP contribution in [0.15, 0.2) is 36.5 Å². The summed E-state index contributed by atoms with van der Waals surface area (Å²) in [6, 6.07) is 8.25. The third kappa shape index (κ3) is 2.59. The van der Waals surface area contributed by atoms with Gasteiger partial charge in [-0.2, -0.15) is 5.10 Å². The number of aliphatic carboxylic acids is 1. The predicted octanol–water partition coefficient (Wildman–Crippen LogP) is 1.87. The van der Waals surface area contributed by atoms with Crippen LogP contribution < -0.4 is 0 Å². The van der Waals surface area contributed by atoms with Gasteiger partial charge < -0.3 is 10.0 Å². The third-order valence-corrected chi connectivity index (χ3v) is 3.90. The van der Waals surface area contributed by atoms with Crippen molar-refractivity contribution in [3.8, 4) is 5.69 Å². The maximum absolute atomic E-state index is 12.5. The van der Waals surface area contributed by atoms with Crippen molar-refractivity contribution in [1.82, 2.24) is 14.7 Å². The summed E-state index contributed by atoms with van der Waals surface area (Å²) in [7, 11) is 0. The van der Waals surface area contributed by atoms with Crippen LogP contribution in [0.5, 0.6) is 0 Å². The lowest BCUT2D eigenvalue weighted by molar-refractivity contribution is -0.141. The van der Waals surface area contributed by atoms with E-state index in [9.17, 15) is 9.59 Å². The molecule has 1 aromatic carbocycles. The molecule has 2 heterocycles. The van der Waals surface area contributed by atoms with Crippen molar-refractivity contribution in [2.24, 2.45) is 0 Å². The first-order chi connectivity index (χ1) is 10.6. The number of hydrogen-bond acceptors (Lipinski definition) is 3. The van der Waals surface area contributed by atoms with E-state index >= 15 is 0 Å². The third-order valence-electron chi connectivity index (χ3n) is 3.90. The van der Waals surface area contributed by atoms with E-state index < -0.39 is 12.0 Å². The number of nitrogens with zero attached hydrogens (tertiary/aromatic N) is 3. The molecule has 3 rings (SSSR count). The van der Waals surface area contributed by atoms with E-state index in [1.165, 1.54) is 4.90 Å². The van der Waals surface area contributed by atoms with Gasteiger partial charge >= 0.3 is 5.97 Å².